The third-order valence-electron chi connectivity index (χ3n) is 11.1. The summed E-state index contributed by atoms with van der Waals surface area (Å²) in [7, 11) is 1.82. The fourth-order valence-corrected chi connectivity index (χ4v) is 8.94. The molecule has 3 saturated carbocycles. The Balaban J connectivity index is 1.47. The van der Waals surface area contributed by atoms with Gasteiger partial charge in [-0.2, -0.15) is 0 Å². The Labute approximate surface area is 220 Å². The molecule has 0 aromatic rings. The Morgan fingerprint density at radius 3 is 2.49 bits per heavy atom. The molecule has 3 fully saturated rings. The SMILES string of the molecule is CN[C@@H](CC1CCCCC1)C(=O)O[C@@]12C[C@@H](C)[C@@]3(O)[C@@H](C=C(CO)C[C@]4(O)C(=O)C(C)=C[C@@H]34)[C@@H]1C2(C)C. The van der Waals surface area contributed by atoms with Crippen LogP contribution >= 0.6 is 0 Å². The Bertz CT molecular complexity index is 1030. The highest BCUT2D eigenvalue weighted by molar-refractivity contribution is 6.04. The van der Waals surface area contributed by atoms with Gasteiger partial charge in [0.15, 0.2) is 5.78 Å². The van der Waals surface area contributed by atoms with E-state index in [4.69, 9.17) is 4.74 Å². The maximum Gasteiger partial charge on any atom is 0.323 e. The molecular weight excluding hydrogens is 470 g/mol. The molecule has 5 rings (SSSR count). The summed E-state index contributed by atoms with van der Waals surface area (Å²) in [6, 6.07) is -0.369. The Kier molecular flexibility index (Phi) is 6.58. The number of carbonyl (C=O) groups is 2. The molecule has 0 bridgehead atoms. The van der Waals surface area contributed by atoms with Gasteiger partial charge in [0.25, 0.3) is 0 Å². The van der Waals surface area contributed by atoms with Crippen molar-refractivity contribution in [3.63, 3.8) is 0 Å². The lowest BCUT2D eigenvalue weighted by atomic mass is 9.60. The summed E-state index contributed by atoms with van der Waals surface area (Å²) in [5, 5.41) is 37.4. The molecule has 5 aliphatic carbocycles. The molecule has 7 heteroatoms. The number of ketones is 1. The van der Waals surface area contributed by atoms with Crippen LogP contribution in [0.25, 0.3) is 0 Å². The first-order valence-corrected chi connectivity index (χ1v) is 14.2. The highest BCUT2D eigenvalue weighted by Gasteiger charge is 2.83. The van der Waals surface area contributed by atoms with Gasteiger partial charge in [0.05, 0.1) is 12.2 Å². The summed E-state index contributed by atoms with van der Waals surface area (Å²) < 4.78 is 6.47. The number of hydrogen-bond donors (Lipinski definition) is 4. The van der Waals surface area contributed by atoms with Gasteiger partial charge in [-0.15, -0.1) is 0 Å². The first-order chi connectivity index (χ1) is 17.4. The summed E-state index contributed by atoms with van der Waals surface area (Å²) >= 11 is 0. The van der Waals surface area contributed by atoms with Gasteiger partial charge in [-0.3, -0.25) is 9.59 Å². The van der Waals surface area contributed by atoms with Crippen LogP contribution in [0.15, 0.2) is 23.3 Å². The quantitative estimate of drug-likeness (QED) is 0.317. The minimum absolute atomic E-state index is 0.00444. The molecule has 7 nitrogen and oxygen atoms in total. The van der Waals surface area contributed by atoms with E-state index in [0.717, 1.165) is 19.3 Å². The number of hydrogen-bond acceptors (Lipinski definition) is 7. The van der Waals surface area contributed by atoms with Crippen LogP contribution < -0.4 is 5.32 Å². The third-order valence-corrected chi connectivity index (χ3v) is 11.1. The van der Waals surface area contributed by atoms with Gasteiger partial charge >= 0.3 is 5.97 Å². The fraction of sp³-hybridized carbons (Fsp3) is 0.800. The summed E-state index contributed by atoms with van der Waals surface area (Å²) in [6.07, 6.45) is 10.9. The predicted octanol–water partition coefficient (Wildman–Crippen LogP) is 3.07. The number of fused-ring (bicyclic) bond motifs is 5. The van der Waals surface area contributed by atoms with Crippen molar-refractivity contribution in [3.8, 4) is 0 Å². The van der Waals surface area contributed by atoms with Crippen molar-refractivity contribution in [2.75, 3.05) is 13.7 Å². The normalized spacial score (nSPS) is 43.5. The predicted molar refractivity (Wildman–Crippen MR) is 139 cm³/mol. The lowest BCUT2D eigenvalue weighted by Gasteiger charge is -2.50. The van der Waals surface area contributed by atoms with Crippen molar-refractivity contribution in [3.05, 3.63) is 23.3 Å². The Morgan fingerprint density at radius 2 is 1.86 bits per heavy atom. The third kappa shape index (κ3) is 3.75. The van der Waals surface area contributed by atoms with E-state index in [1.54, 1.807) is 13.0 Å². The number of esters is 1. The number of aliphatic hydroxyl groups is 3. The number of Topliss-reactive ketones (excluding diaryl/α,β-unsaturated/α-hetero) is 1. The molecule has 0 unspecified atom stereocenters. The molecule has 0 aromatic heterocycles. The Hall–Kier alpha value is -1.54. The molecule has 206 valence electrons. The van der Waals surface area contributed by atoms with Crippen molar-refractivity contribution < 1.29 is 29.6 Å². The maximum atomic E-state index is 13.6. The molecule has 0 amide bonds. The van der Waals surface area contributed by atoms with Crippen molar-refractivity contribution in [2.45, 2.75) is 102 Å². The van der Waals surface area contributed by atoms with E-state index in [1.807, 2.05) is 20.0 Å². The van der Waals surface area contributed by atoms with Gasteiger partial charge in [-0.25, -0.2) is 0 Å². The molecule has 37 heavy (non-hydrogen) atoms. The second kappa shape index (κ2) is 9.00. The first kappa shape index (κ1) is 27.0. The van der Waals surface area contributed by atoms with Crippen LogP contribution in [0.3, 0.4) is 0 Å². The minimum Gasteiger partial charge on any atom is -0.457 e. The zero-order chi connectivity index (χ0) is 27.0. The smallest absolute Gasteiger partial charge is 0.323 e. The second-order valence-electron chi connectivity index (χ2n) is 13.3. The number of aliphatic hydroxyl groups excluding tert-OH is 1. The number of carbonyl (C=O) groups excluding carboxylic acids is 2. The summed E-state index contributed by atoms with van der Waals surface area (Å²) in [5.41, 5.74) is -3.34. The molecular formula is C30H45NO6. The Morgan fingerprint density at radius 1 is 1.19 bits per heavy atom. The highest BCUT2D eigenvalue weighted by atomic mass is 16.6. The van der Waals surface area contributed by atoms with Crippen LogP contribution in [0.2, 0.25) is 0 Å². The van der Waals surface area contributed by atoms with Crippen LogP contribution in [0.4, 0.5) is 0 Å². The average Bonchev–Trinajstić information content (AvgIpc) is 3.27. The van der Waals surface area contributed by atoms with Crippen molar-refractivity contribution >= 4 is 11.8 Å². The largest absolute Gasteiger partial charge is 0.457 e. The van der Waals surface area contributed by atoms with Gasteiger partial charge in [0, 0.05) is 29.6 Å². The number of ether oxygens (including phenoxy) is 1. The molecule has 8 atom stereocenters. The van der Waals surface area contributed by atoms with E-state index in [0.29, 0.717) is 23.5 Å². The maximum absolute atomic E-state index is 13.6. The molecule has 0 aliphatic heterocycles. The zero-order valence-electron chi connectivity index (χ0n) is 23.0. The number of nitrogens with one attached hydrogen (secondary N) is 1. The summed E-state index contributed by atoms with van der Waals surface area (Å²) in [6.45, 7) is 7.49. The average molecular weight is 516 g/mol. The topological polar surface area (TPSA) is 116 Å². The van der Waals surface area contributed by atoms with E-state index in [2.05, 4.69) is 19.2 Å². The molecule has 0 heterocycles. The van der Waals surface area contributed by atoms with Crippen LogP contribution in [-0.2, 0) is 14.3 Å². The van der Waals surface area contributed by atoms with Gasteiger partial charge in [-0.05, 0) is 49.8 Å². The standard InChI is InChI=1S/C30H45NO6/c1-17-11-23-28(35,25(17)33)15-20(16-32)12-21-24-27(3,4)29(24,14-18(2)30(21,23)36)37-26(34)22(31-5)13-19-9-7-6-8-10-19/h11-12,18-19,21-24,31-32,35-36H,6-10,13-16H2,1-5H3/t18-,21+,22+,23-,24-,28-,29+,30-/m1/s1. The number of likely N-dealkylation sites (N-methyl/N-ethyl adjacent to an activating group) is 1. The lowest BCUT2D eigenvalue weighted by Crippen LogP contribution is -2.61. The molecule has 0 radical (unpaired) electrons. The van der Waals surface area contributed by atoms with Gasteiger partial charge in [0.1, 0.15) is 17.2 Å². The lowest BCUT2D eigenvalue weighted by molar-refractivity contribution is -0.188. The van der Waals surface area contributed by atoms with Crippen LogP contribution in [0.1, 0.15) is 79.1 Å². The monoisotopic (exact) mass is 515 g/mol. The van der Waals surface area contributed by atoms with Crippen molar-refractivity contribution in [1.82, 2.24) is 5.32 Å². The van der Waals surface area contributed by atoms with E-state index in [1.165, 1.54) is 19.3 Å². The van der Waals surface area contributed by atoms with Crippen LogP contribution in [0.5, 0.6) is 0 Å². The fourth-order valence-electron chi connectivity index (χ4n) is 8.94. The van der Waals surface area contributed by atoms with Gasteiger partial charge in [-0.1, -0.05) is 65.0 Å². The molecule has 5 aliphatic rings. The molecule has 0 spiro atoms. The van der Waals surface area contributed by atoms with Crippen LogP contribution in [0, 0.1) is 35.0 Å². The second-order valence-corrected chi connectivity index (χ2v) is 13.3. The zero-order valence-corrected chi connectivity index (χ0v) is 23.0. The van der Waals surface area contributed by atoms with Gasteiger partial charge in [0.2, 0.25) is 0 Å². The summed E-state index contributed by atoms with van der Waals surface area (Å²) in [5.74, 6) is -1.88. The van der Waals surface area contributed by atoms with Gasteiger partial charge < -0.3 is 25.4 Å². The van der Waals surface area contributed by atoms with Crippen molar-refractivity contribution in [1.29, 1.82) is 0 Å². The van der Waals surface area contributed by atoms with E-state index >= 15 is 0 Å². The van der Waals surface area contributed by atoms with Crippen LogP contribution in [-0.4, -0.2) is 63.6 Å². The molecule has 0 aromatic carbocycles. The van der Waals surface area contributed by atoms with E-state index in [9.17, 15) is 24.9 Å². The minimum atomic E-state index is -1.77. The van der Waals surface area contributed by atoms with E-state index < -0.39 is 34.1 Å². The number of rotatable bonds is 6. The van der Waals surface area contributed by atoms with E-state index in [-0.39, 0.29) is 42.7 Å². The molecule has 4 N–H and O–H groups in total. The first-order valence-electron chi connectivity index (χ1n) is 14.2. The molecule has 0 saturated heterocycles. The van der Waals surface area contributed by atoms with Crippen molar-refractivity contribution in [2.24, 2.45) is 35.0 Å². The summed E-state index contributed by atoms with van der Waals surface area (Å²) in [4.78, 5) is 26.7. The highest BCUT2D eigenvalue weighted by Crippen LogP contribution is 2.76.